The molecule has 1 aromatic rings. The first-order valence-corrected chi connectivity index (χ1v) is 7.50. The van der Waals surface area contributed by atoms with E-state index in [0.29, 0.717) is 12.1 Å². The number of nitrogens with one attached hydrogen (secondary N) is 1. The number of alkyl halides is 3. The highest BCUT2D eigenvalue weighted by atomic mass is 32.2. The molecule has 116 valence electrons. The van der Waals surface area contributed by atoms with Crippen LogP contribution < -0.4 is 5.32 Å². The lowest BCUT2D eigenvalue weighted by molar-refractivity contribution is -0.137. The molecular formula is C15H18F3NOS. The Balaban J connectivity index is 2.68. The predicted molar refractivity (Wildman–Crippen MR) is 80.3 cm³/mol. The standard InChI is InChI=1S/C15H18F3NOS/c1-3-5-10-19-14(20)21-13(4-2)11-6-8-12(9-7-11)15(16,17)18/h4,6-9,13H,2-3,5,10H2,1H3,(H,19,20)/t13-/m0/s1. The Bertz CT molecular complexity index is 471. The molecule has 0 saturated heterocycles. The molecule has 1 N–H and O–H groups in total. The first kappa shape index (κ1) is 17.6. The molecule has 0 fully saturated rings. The van der Waals surface area contributed by atoms with Gasteiger partial charge in [-0.15, -0.1) is 6.58 Å². The summed E-state index contributed by atoms with van der Waals surface area (Å²) in [4.78, 5) is 11.7. The van der Waals surface area contributed by atoms with Gasteiger partial charge in [0.2, 0.25) is 0 Å². The molecule has 1 aromatic carbocycles. The Morgan fingerprint density at radius 3 is 2.48 bits per heavy atom. The van der Waals surface area contributed by atoms with Gasteiger partial charge in [0.15, 0.2) is 0 Å². The molecule has 1 rings (SSSR count). The summed E-state index contributed by atoms with van der Waals surface area (Å²) in [5.41, 5.74) is -0.0832. The van der Waals surface area contributed by atoms with Gasteiger partial charge in [0, 0.05) is 6.54 Å². The fourth-order valence-electron chi connectivity index (χ4n) is 1.64. The van der Waals surface area contributed by atoms with Crippen LogP contribution in [0.3, 0.4) is 0 Å². The molecule has 0 saturated carbocycles. The van der Waals surface area contributed by atoms with Crippen molar-refractivity contribution in [2.24, 2.45) is 0 Å². The fraction of sp³-hybridized carbons (Fsp3) is 0.400. The lowest BCUT2D eigenvalue weighted by atomic mass is 10.1. The maximum Gasteiger partial charge on any atom is 0.416 e. The van der Waals surface area contributed by atoms with Crippen molar-refractivity contribution < 1.29 is 18.0 Å². The van der Waals surface area contributed by atoms with E-state index in [1.807, 2.05) is 6.92 Å². The number of halogens is 3. The van der Waals surface area contributed by atoms with E-state index in [4.69, 9.17) is 0 Å². The summed E-state index contributed by atoms with van der Waals surface area (Å²) in [7, 11) is 0. The number of rotatable bonds is 6. The second-order valence-electron chi connectivity index (χ2n) is 4.46. The van der Waals surface area contributed by atoms with Crippen LogP contribution in [0.4, 0.5) is 18.0 Å². The van der Waals surface area contributed by atoms with Crippen molar-refractivity contribution in [3.05, 3.63) is 48.0 Å². The number of benzene rings is 1. The van der Waals surface area contributed by atoms with Crippen molar-refractivity contribution >= 4 is 17.0 Å². The Morgan fingerprint density at radius 1 is 1.38 bits per heavy atom. The van der Waals surface area contributed by atoms with Gasteiger partial charge in [-0.1, -0.05) is 43.3 Å². The number of amides is 1. The van der Waals surface area contributed by atoms with Crippen molar-refractivity contribution in [2.45, 2.75) is 31.2 Å². The molecule has 0 unspecified atom stereocenters. The van der Waals surface area contributed by atoms with Crippen LogP contribution in [-0.2, 0) is 6.18 Å². The normalized spacial score (nSPS) is 12.8. The zero-order valence-corrected chi connectivity index (χ0v) is 12.6. The van der Waals surface area contributed by atoms with Gasteiger partial charge in [0.05, 0.1) is 10.8 Å². The number of carbonyl (C=O) groups is 1. The van der Waals surface area contributed by atoms with Gasteiger partial charge >= 0.3 is 6.18 Å². The lowest BCUT2D eigenvalue weighted by Gasteiger charge is -2.13. The molecule has 0 aliphatic heterocycles. The summed E-state index contributed by atoms with van der Waals surface area (Å²) in [5.74, 6) is 0. The molecule has 21 heavy (non-hydrogen) atoms. The summed E-state index contributed by atoms with van der Waals surface area (Å²) in [6.45, 7) is 6.25. The van der Waals surface area contributed by atoms with E-state index in [-0.39, 0.29) is 10.5 Å². The molecule has 0 aliphatic rings. The van der Waals surface area contributed by atoms with Crippen molar-refractivity contribution in [1.29, 1.82) is 0 Å². The average molecular weight is 317 g/mol. The van der Waals surface area contributed by atoms with Gasteiger partial charge in [0.1, 0.15) is 0 Å². The van der Waals surface area contributed by atoms with Crippen LogP contribution in [0, 0.1) is 0 Å². The molecule has 0 aromatic heterocycles. The number of carbonyl (C=O) groups excluding carboxylic acids is 1. The number of unbranched alkanes of at least 4 members (excludes halogenated alkanes) is 1. The molecule has 0 radical (unpaired) electrons. The number of thioether (sulfide) groups is 1. The highest BCUT2D eigenvalue weighted by Gasteiger charge is 2.30. The van der Waals surface area contributed by atoms with E-state index < -0.39 is 11.7 Å². The van der Waals surface area contributed by atoms with Gasteiger partial charge in [-0.25, -0.2) is 0 Å². The smallest absolute Gasteiger partial charge is 0.347 e. The van der Waals surface area contributed by atoms with E-state index in [1.54, 1.807) is 6.08 Å². The minimum Gasteiger partial charge on any atom is -0.347 e. The molecule has 2 nitrogen and oxygen atoms in total. The largest absolute Gasteiger partial charge is 0.416 e. The zero-order valence-electron chi connectivity index (χ0n) is 11.7. The average Bonchev–Trinajstić information content (AvgIpc) is 2.44. The molecule has 1 amide bonds. The van der Waals surface area contributed by atoms with E-state index in [1.165, 1.54) is 12.1 Å². The van der Waals surface area contributed by atoms with Crippen LogP contribution in [0.25, 0.3) is 0 Å². The van der Waals surface area contributed by atoms with E-state index in [2.05, 4.69) is 11.9 Å². The summed E-state index contributed by atoms with van der Waals surface area (Å²) < 4.78 is 37.5. The third kappa shape index (κ3) is 5.83. The maximum atomic E-state index is 12.5. The van der Waals surface area contributed by atoms with Crippen molar-refractivity contribution in [3.8, 4) is 0 Å². The van der Waals surface area contributed by atoms with Crippen molar-refractivity contribution in [2.75, 3.05) is 6.54 Å². The third-order valence-electron chi connectivity index (χ3n) is 2.81. The quantitative estimate of drug-likeness (QED) is 0.579. The predicted octanol–water partition coefficient (Wildman–Crippen LogP) is 5.18. The third-order valence-corrected chi connectivity index (χ3v) is 3.89. The van der Waals surface area contributed by atoms with Gasteiger partial charge in [-0.2, -0.15) is 13.2 Å². The Morgan fingerprint density at radius 2 is 2.00 bits per heavy atom. The molecule has 6 heteroatoms. The van der Waals surface area contributed by atoms with Crippen LogP contribution in [0.1, 0.15) is 36.1 Å². The Labute approximate surface area is 126 Å². The first-order valence-electron chi connectivity index (χ1n) is 6.62. The topological polar surface area (TPSA) is 29.1 Å². The van der Waals surface area contributed by atoms with E-state index in [9.17, 15) is 18.0 Å². The lowest BCUT2D eigenvalue weighted by Crippen LogP contribution is -2.20. The first-order chi connectivity index (χ1) is 9.88. The van der Waals surface area contributed by atoms with Gasteiger partial charge in [-0.05, 0) is 24.1 Å². The zero-order chi connectivity index (χ0) is 15.9. The molecule has 0 aliphatic carbocycles. The van der Waals surface area contributed by atoms with Crippen molar-refractivity contribution in [3.63, 3.8) is 0 Å². The molecule has 0 spiro atoms. The minimum absolute atomic E-state index is 0.201. The summed E-state index contributed by atoms with van der Waals surface area (Å²) in [6.07, 6.45) is -0.931. The highest BCUT2D eigenvalue weighted by molar-refractivity contribution is 8.13. The number of hydrogen-bond acceptors (Lipinski definition) is 2. The van der Waals surface area contributed by atoms with E-state index in [0.717, 1.165) is 36.7 Å². The van der Waals surface area contributed by atoms with Crippen molar-refractivity contribution in [1.82, 2.24) is 5.32 Å². The van der Waals surface area contributed by atoms with Crippen LogP contribution in [0.5, 0.6) is 0 Å². The Hall–Kier alpha value is -1.43. The van der Waals surface area contributed by atoms with Gasteiger partial charge in [0.25, 0.3) is 5.24 Å². The molecule has 0 bridgehead atoms. The summed E-state index contributed by atoms with van der Waals surface area (Å²) in [5, 5.41) is 2.18. The minimum atomic E-state index is -4.35. The fourth-order valence-corrected chi connectivity index (χ4v) is 2.44. The highest BCUT2D eigenvalue weighted by Crippen LogP contribution is 2.34. The van der Waals surface area contributed by atoms with Crippen LogP contribution in [0.2, 0.25) is 0 Å². The van der Waals surface area contributed by atoms with Crippen LogP contribution >= 0.6 is 11.8 Å². The monoisotopic (exact) mass is 317 g/mol. The SMILES string of the molecule is C=C[C@H](SC(=O)NCCCC)c1ccc(C(F)(F)F)cc1. The summed E-state index contributed by atoms with van der Waals surface area (Å²) in [6, 6.07) is 4.78. The summed E-state index contributed by atoms with van der Waals surface area (Å²) >= 11 is 1.01. The van der Waals surface area contributed by atoms with Gasteiger partial charge < -0.3 is 5.32 Å². The second-order valence-corrected chi connectivity index (χ2v) is 5.58. The molecule has 1 atom stereocenters. The second kappa shape index (κ2) is 8.12. The molecular weight excluding hydrogens is 299 g/mol. The maximum absolute atomic E-state index is 12.5. The number of hydrogen-bond donors (Lipinski definition) is 1. The van der Waals surface area contributed by atoms with Crippen LogP contribution in [-0.4, -0.2) is 11.8 Å². The van der Waals surface area contributed by atoms with Crippen LogP contribution in [0.15, 0.2) is 36.9 Å². The van der Waals surface area contributed by atoms with E-state index >= 15 is 0 Å². The molecule has 0 heterocycles. The Kier molecular flexibility index (Phi) is 6.81. The van der Waals surface area contributed by atoms with Gasteiger partial charge in [-0.3, -0.25) is 4.79 Å².